The van der Waals surface area contributed by atoms with Gasteiger partial charge < -0.3 is 5.11 Å². The number of benzene rings is 1. The number of halogens is 1. The molecule has 0 bridgehead atoms. The first-order valence-corrected chi connectivity index (χ1v) is 5.43. The fourth-order valence-corrected chi connectivity index (χ4v) is 1.88. The molecule has 2 rings (SSSR count). The molecule has 0 aliphatic rings. The van der Waals surface area contributed by atoms with Gasteiger partial charge in [0.05, 0.1) is 0 Å². The lowest BCUT2D eigenvalue weighted by Gasteiger charge is -1.99. The average Bonchev–Trinajstić information content (AvgIpc) is 2.61. The minimum Gasteiger partial charge on any atom is -0.478 e. The highest BCUT2D eigenvalue weighted by molar-refractivity contribution is 9.10. The average molecular weight is 281 g/mol. The lowest BCUT2D eigenvalue weighted by molar-refractivity contribution is 0.0697. The Hall–Kier alpha value is -1.62. The van der Waals surface area contributed by atoms with E-state index in [4.69, 9.17) is 5.11 Å². The number of hydrogen-bond donors (Lipinski definition) is 2. The minimum absolute atomic E-state index is 0.156. The Bertz CT molecular complexity index is 531. The largest absolute Gasteiger partial charge is 0.478 e. The molecule has 0 fully saturated rings. The van der Waals surface area contributed by atoms with Gasteiger partial charge in [0.25, 0.3) is 0 Å². The van der Waals surface area contributed by atoms with Crippen LogP contribution in [-0.2, 0) is 0 Å². The fraction of sp³-hybridized carbons (Fsp3) is 0.0909. The van der Waals surface area contributed by atoms with E-state index in [2.05, 4.69) is 26.1 Å². The summed E-state index contributed by atoms with van der Waals surface area (Å²) < 4.78 is 0.385. The Balaban J connectivity index is 2.56. The van der Waals surface area contributed by atoms with Crippen LogP contribution in [0.3, 0.4) is 0 Å². The molecule has 82 valence electrons. The second-order valence-electron chi connectivity index (χ2n) is 3.43. The van der Waals surface area contributed by atoms with E-state index in [-0.39, 0.29) is 5.56 Å². The zero-order valence-electron chi connectivity index (χ0n) is 8.49. The van der Waals surface area contributed by atoms with Crippen molar-refractivity contribution < 1.29 is 9.90 Å². The van der Waals surface area contributed by atoms with Crippen molar-refractivity contribution in [3.05, 3.63) is 40.0 Å². The number of aromatic nitrogens is 2. The quantitative estimate of drug-likeness (QED) is 0.889. The van der Waals surface area contributed by atoms with Crippen LogP contribution in [-0.4, -0.2) is 21.3 Å². The van der Waals surface area contributed by atoms with Crippen molar-refractivity contribution in [2.45, 2.75) is 6.92 Å². The van der Waals surface area contributed by atoms with Crippen LogP contribution in [0.4, 0.5) is 0 Å². The number of hydrogen-bond acceptors (Lipinski definition) is 2. The van der Waals surface area contributed by atoms with Crippen LogP contribution < -0.4 is 0 Å². The van der Waals surface area contributed by atoms with E-state index in [1.165, 1.54) is 0 Å². The smallest absolute Gasteiger partial charge is 0.340 e. The summed E-state index contributed by atoms with van der Waals surface area (Å²) in [4.78, 5) is 11.1. The molecule has 4 nitrogen and oxygen atoms in total. The molecular formula is C11H9BrN2O2. The van der Waals surface area contributed by atoms with Gasteiger partial charge in [-0.3, -0.25) is 5.10 Å². The van der Waals surface area contributed by atoms with Gasteiger partial charge in [-0.15, -0.1) is 0 Å². The third-order valence-electron chi connectivity index (χ3n) is 2.26. The van der Waals surface area contributed by atoms with E-state index in [1.807, 2.05) is 31.2 Å². The van der Waals surface area contributed by atoms with Gasteiger partial charge in [0.2, 0.25) is 0 Å². The zero-order chi connectivity index (χ0) is 11.7. The van der Waals surface area contributed by atoms with Crippen molar-refractivity contribution in [1.29, 1.82) is 0 Å². The van der Waals surface area contributed by atoms with Crippen molar-refractivity contribution in [2.24, 2.45) is 0 Å². The van der Waals surface area contributed by atoms with E-state index in [0.717, 1.165) is 11.1 Å². The number of aromatic amines is 1. The molecule has 16 heavy (non-hydrogen) atoms. The van der Waals surface area contributed by atoms with Crippen LogP contribution in [0.15, 0.2) is 28.9 Å². The third-order valence-corrected chi connectivity index (χ3v) is 2.83. The number of aryl methyl sites for hydroxylation is 1. The highest BCUT2D eigenvalue weighted by atomic mass is 79.9. The number of H-pyrrole nitrogens is 1. The van der Waals surface area contributed by atoms with Crippen molar-refractivity contribution in [3.8, 4) is 11.3 Å². The number of carboxylic acid groups (broad SMARTS) is 1. The van der Waals surface area contributed by atoms with Crippen molar-refractivity contribution in [3.63, 3.8) is 0 Å². The molecule has 0 spiro atoms. The molecular weight excluding hydrogens is 272 g/mol. The predicted molar refractivity (Wildman–Crippen MR) is 63.4 cm³/mol. The first-order valence-electron chi connectivity index (χ1n) is 4.64. The topological polar surface area (TPSA) is 66.0 Å². The van der Waals surface area contributed by atoms with E-state index in [1.54, 1.807) is 0 Å². The van der Waals surface area contributed by atoms with Gasteiger partial charge in [-0.05, 0) is 22.9 Å². The zero-order valence-corrected chi connectivity index (χ0v) is 10.1. The van der Waals surface area contributed by atoms with Gasteiger partial charge in [0.15, 0.2) is 0 Å². The third kappa shape index (κ3) is 1.86. The van der Waals surface area contributed by atoms with Crippen LogP contribution in [0, 0.1) is 6.92 Å². The number of rotatable bonds is 2. The number of nitrogens with zero attached hydrogens (tertiary/aromatic N) is 1. The Morgan fingerprint density at radius 1 is 1.38 bits per heavy atom. The summed E-state index contributed by atoms with van der Waals surface area (Å²) in [5.74, 6) is -1.00. The second kappa shape index (κ2) is 4.09. The molecule has 2 N–H and O–H groups in total. The molecule has 0 unspecified atom stereocenters. The van der Waals surface area contributed by atoms with Gasteiger partial charge >= 0.3 is 5.97 Å². The van der Waals surface area contributed by atoms with E-state index in [0.29, 0.717) is 10.3 Å². The Labute approximate surface area is 100 Å². The molecule has 1 aromatic carbocycles. The molecule has 1 heterocycles. The molecule has 0 radical (unpaired) electrons. The molecule has 0 saturated heterocycles. The van der Waals surface area contributed by atoms with E-state index >= 15 is 0 Å². The SMILES string of the molecule is Cc1ccc(-c2n[nH]c(Br)c2C(=O)O)cc1. The highest BCUT2D eigenvalue weighted by Crippen LogP contribution is 2.26. The maximum atomic E-state index is 11.1. The molecule has 0 saturated carbocycles. The Morgan fingerprint density at radius 3 is 2.56 bits per heavy atom. The number of carbonyl (C=O) groups is 1. The van der Waals surface area contributed by atoms with Crippen LogP contribution in [0.1, 0.15) is 15.9 Å². The molecule has 2 aromatic rings. The summed E-state index contributed by atoms with van der Waals surface area (Å²) in [7, 11) is 0. The van der Waals surface area contributed by atoms with Crippen LogP contribution in [0.25, 0.3) is 11.3 Å². The molecule has 0 aliphatic heterocycles. The second-order valence-corrected chi connectivity index (χ2v) is 4.23. The van der Waals surface area contributed by atoms with E-state index < -0.39 is 5.97 Å². The van der Waals surface area contributed by atoms with Crippen LogP contribution in [0.5, 0.6) is 0 Å². The van der Waals surface area contributed by atoms with Gasteiger partial charge in [0.1, 0.15) is 15.9 Å². The lowest BCUT2D eigenvalue weighted by Crippen LogP contribution is -1.98. The van der Waals surface area contributed by atoms with Crippen molar-refractivity contribution >= 4 is 21.9 Å². The normalized spacial score (nSPS) is 10.4. The molecule has 0 atom stereocenters. The number of carboxylic acids is 1. The minimum atomic E-state index is -1.00. The summed E-state index contributed by atoms with van der Waals surface area (Å²) >= 11 is 3.13. The van der Waals surface area contributed by atoms with Gasteiger partial charge in [-0.25, -0.2) is 4.79 Å². The van der Waals surface area contributed by atoms with Gasteiger partial charge in [0, 0.05) is 5.56 Å². The monoisotopic (exact) mass is 280 g/mol. The van der Waals surface area contributed by atoms with E-state index in [9.17, 15) is 4.79 Å². The number of aromatic carboxylic acids is 1. The van der Waals surface area contributed by atoms with Crippen molar-refractivity contribution in [2.75, 3.05) is 0 Å². The molecule has 0 aliphatic carbocycles. The summed E-state index contributed by atoms with van der Waals surface area (Å²) in [5.41, 5.74) is 2.50. The maximum absolute atomic E-state index is 11.1. The summed E-state index contributed by atoms with van der Waals surface area (Å²) in [6, 6.07) is 7.54. The Kier molecular flexibility index (Phi) is 2.78. The van der Waals surface area contributed by atoms with Gasteiger partial charge in [-0.1, -0.05) is 29.8 Å². The van der Waals surface area contributed by atoms with Gasteiger partial charge in [-0.2, -0.15) is 5.10 Å². The first-order chi connectivity index (χ1) is 7.59. The standard InChI is InChI=1S/C11H9BrN2O2/c1-6-2-4-7(5-3-6)9-8(11(15)16)10(12)14-13-9/h2-5H,1H3,(H,13,14)(H,15,16). The molecule has 1 aromatic heterocycles. The fourth-order valence-electron chi connectivity index (χ4n) is 1.44. The summed E-state index contributed by atoms with van der Waals surface area (Å²) in [6.45, 7) is 1.97. The number of nitrogens with one attached hydrogen (secondary N) is 1. The molecule has 5 heteroatoms. The lowest BCUT2D eigenvalue weighted by atomic mass is 10.1. The van der Waals surface area contributed by atoms with Crippen LogP contribution >= 0.6 is 15.9 Å². The highest BCUT2D eigenvalue weighted by Gasteiger charge is 2.19. The summed E-state index contributed by atoms with van der Waals surface area (Å²) in [5, 5.41) is 15.7. The maximum Gasteiger partial charge on any atom is 0.340 e. The Morgan fingerprint density at radius 2 is 2.00 bits per heavy atom. The van der Waals surface area contributed by atoms with Crippen molar-refractivity contribution in [1.82, 2.24) is 10.2 Å². The summed E-state index contributed by atoms with van der Waals surface area (Å²) in [6.07, 6.45) is 0. The predicted octanol–water partition coefficient (Wildman–Crippen LogP) is 2.85. The first kappa shape index (κ1) is 10.9. The van der Waals surface area contributed by atoms with Crippen LogP contribution in [0.2, 0.25) is 0 Å². The molecule has 0 amide bonds.